The van der Waals surface area contributed by atoms with E-state index in [1.165, 1.54) is 0 Å². The third-order valence-corrected chi connectivity index (χ3v) is 3.79. The molecule has 0 amide bonds. The quantitative estimate of drug-likeness (QED) is 0.474. The number of benzene rings is 3. The number of aromatic nitrogens is 2. The zero-order chi connectivity index (χ0) is 17.1. The lowest BCUT2D eigenvalue weighted by atomic mass is 10.2. The van der Waals surface area contributed by atoms with Crippen molar-refractivity contribution in [3.8, 4) is 0 Å². The first kappa shape index (κ1) is 15.0. The van der Waals surface area contributed by atoms with Crippen LogP contribution in [0.2, 0.25) is 0 Å². The lowest BCUT2D eigenvalue weighted by molar-refractivity contribution is 1.21. The normalized spacial score (nSPS) is 10.6. The predicted octanol–water partition coefficient (Wildman–Crippen LogP) is 4.70. The highest BCUT2D eigenvalue weighted by Gasteiger charge is 2.09. The molecule has 0 atom stereocenters. The Hall–Kier alpha value is -3.60. The molecule has 0 spiro atoms. The molecule has 5 heteroatoms. The summed E-state index contributed by atoms with van der Waals surface area (Å²) in [5.74, 6) is 1.24. The van der Waals surface area contributed by atoms with Gasteiger partial charge in [-0.1, -0.05) is 36.4 Å². The second-order valence-corrected chi connectivity index (χ2v) is 5.65. The highest BCUT2D eigenvalue weighted by molar-refractivity contribution is 5.94. The number of nitrogens with zero attached hydrogens (tertiary/aromatic N) is 2. The number of nitrogens with two attached hydrogens (primary N) is 1. The van der Waals surface area contributed by atoms with Gasteiger partial charge < -0.3 is 16.4 Å². The van der Waals surface area contributed by atoms with Gasteiger partial charge in [0.1, 0.15) is 5.82 Å². The topological polar surface area (TPSA) is 75.9 Å². The number of anilines is 5. The van der Waals surface area contributed by atoms with Crippen molar-refractivity contribution in [2.75, 3.05) is 16.4 Å². The van der Waals surface area contributed by atoms with Gasteiger partial charge in [-0.25, -0.2) is 4.98 Å². The van der Waals surface area contributed by atoms with Crippen LogP contribution >= 0.6 is 0 Å². The van der Waals surface area contributed by atoms with Gasteiger partial charge in [-0.2, -0.15) is 4.98 Å². The first-order valence-electron chi connectivity index (χ1n) is 7.99. The molecule has 0 saturated carbocycles. The average Bonchev–Trinajstić information content (AvgIpc) is 2.64. The molecule has 0 unspecified atom stereocenters. The van der Waals surface area contributed by atoms with Crippen molar-refractivity contribution in [1.82, 2.24) is 9.97 Å². The van der Waals surface area contributed by atoms with Crippen LogP contribution in [0.3, 0.4) is 0 Å². The molecule has 0 saturated heterocycles. The van der Waals surface area contributed by atoms with E-state index in [0.717, 1.165) is 22.3 Å². The molecular weight excluding hydrogens is 310 g/mol. The first-order chi connectivity index (χ1) is 12.3. The maximum absolute atomic E-state index is 5.95. The van der Waals surface area contributed by atoms with E-state index < -0.39 is 0 Å². The Kier molecular flexibility index (Phi) is 3.88. The summed E-state index contributed by atoms with van der Waals surface area (Å²) in [6, 6.07) is 25.4. The number of fused-ring (bicyclic) bond motifs is 1. The fraction of sp³-hybridized carbons (Fsp3) is 0. The van der Waals surface area contributed by atoms with Crippen molar-refractivity contribution in [1.29, 1.82) is 0 Å². The molecule has 0 radical (unpaired) electrons. The summed E-state index contributed by atoms with van der Waals surface area (Å²) in [4.78, 5) is 9.24. The van der Waals surface area contributed by atoms with Gasteiger partial charge in [0.25, 0.3) is 0 Å². The van der Waals surface area contributed by atoms with Gasteiger partial charge >= 0.3 is 0 Å². The minimum Gasteiger partial charge on any atom is -0.399 e. The number of para-hydroxylation sites is 2. The summed E-state index contributed by atoms with van der Waals surface area (Å²) >= 11 is 0. The van der Waals surface area contributed by atoms with Gasteiger partial charge in [0.15, 0.2) is 0 Å². The van der Waals surface area contributed by atoms with Crippen LogP contribution in [-0.4, -0.2) is 9.97 Å². The Bertz CT molecular complexity index is 1000. The van der Waals surface area contributed by atoms with E-state index in [0.29, 0.717) is 17.5 Å². The summed E-state index contributed by atoms with van der Waals surface area (Å²) < 4.78 is 0. The van der Waals surface area contributed by atoms with Crippen molar-refractivity contribution in [3.63, 3.8) is 0 Å². The monoisotopic (exact) mass is 327 g/mol. The molecule has 0 aliphatic carbocycles. The number of hydrogen-bond acceptors (Lipinski definition) is 5. The molecule has 4 rings (SSSR count). The van der Waals surface area contributed by atoms with Crippen molar-refractivity contribution in [2.24, 2.45) is 0 Å². The van der Waals surface area contributed by atoms with Gasteiger partial charge in [0.2, 0.25) is 5.95 Å². The third kappa shape index (κ3) is 3.35. The Morgan fingerprint density at radius 2 is 1.32 bits per heavy atom. The standard InChI is InChI=1S/C20H17N5/c21-14-11-12-18-17(13-14)19(22-15-7-3-1-4-8-15)25-20(24-18)23-16-9-5-2-6-10-16/h1-13H,21H2,(H2,22,23,24,25). The van der Waals surface area contributed by atoms with Crippen molar-refractivity contribution >= 4 is 39.7 Å². The molecule has 0 bridgehead atoms. The molecule has 0 aliphatic rings. The van der Waals surface area contributed by atoms with Gasteiger partial charge in [-0.05, 0) is 42.5 Å². The Morgan fingerprint density at radius 1 is 0.680 bits per heavy atom. The van der Waals surface area contributed by atoms with Crippen LogP contribution in [0, 0.1) is 0 Å². The highest BCUT2D eigenvalue weighted by atomic mass is 15.1. The molecule has 5 nitrogen and oxygen atoms in total. The van der Waals surface area contributed by atoms with E-state index in [4.69, 9.17) is 5.73 Å². The lowest BCUT2D eigenvalue weighted by Gasteiger charge is -2.12. The number of nitrogen functional groups attached to an aromatic ring is 1. The fourth-order valence-electron chi connectivity index (χ4n) is 2.61. The molecule has 1 aromatic heterocycles. The van der Waals surface area contributed by atoms with E-state index >= 15 is 0 Å². The summed E-state index contributed by atoms with van der Waals surface area (Å²) in [6.45, 7) is 0. The second kappa shape index (κ2) is 6.49. The van der Waals surface area contributed by atoms with Crippen LogP contribution < -0.4 is 16.4 Å². The molecule has 122 valence electrons. The van der Waals surface area contributed by atoms with Crippen LogP contribution in [-0.2, 0) is 0 Å². The Morgan fingerprint density at radius 3 is 2.00 bits per heavy atom. The Labute approximate surface area is 145 Å². The molecular formula is C20H17N5. The van der Waals surface area contributed by atoms with E-state index in [9.17, 15) is 0 Å². The minimum absolute atomic E-state index is 0.530. The summed E-state index contributed by atoms with van der Waals surface area (Å²) in [7, 11) is 0. The maximum Gasteiger partial charge on any atom is 0.229 e. The zero-order valence-electron chi connectivity index (χ0n) is 13.5. The van der Waals surface area contributed by atoms with Gasteiger partial charge in [0.05, 0.1) is 5.52 Å². The maximum atomic E-state index is 5.95. The molecule has 3 aromatic carbocycles. The Balaban J connectivity index is 1.79. The van der Waals surface area contributed by atoms with Crippen molar-refractivity contribution in [2.45, 2.75) is 0 Å². The van der Waals surface area contributed by atoms with Crippen LogP contribution in [0.1, 0.15) is 0 Å². The van der Waals surface area contributed by atoms with Gasteiger partial charge in [0, 0.05) is 22.4 Å². The number of rotatable bonds is 4. The highest BCUT2D eigenvalue weighted by Crippen LogP contribution is 2.27. The fourth-order valence-corrected chi connectivity index (χ4v) is 2.61. The van der Waals surface area contributed by atoms with Crippen molar-refractivity contribution in [3.05, 3.63) is 78.9 Å². The zero-order valence-corrected chi connectivity index (χ0v) is 13.5. The molecule has 0 aliphatic heterocycles. The van der Waals surface area contributed by atoms with Crippen LogP contribution in [0.15, 0.2) is 78.9 Å². The van der Waals surface area contributed by atoms with Gasteiger partial charge in [-0.3, -0.25) is 0 Å². The largest absolute Gasteiger partial charge is 0.399 e. The summed E-state index contributed by atoms with van der Waals surface area (Å²) in [5.41, 5.74) is 9.33. The van der Waals surface area contributed by atoms with Crippen molar-refractivity contribution < 1.29 is 0 Å². The van der Waals surface area contributed by atoms with Crippen LogP contribution in [0.5, 0.6) is 0 Å². The van der Waals surface area contributed by atoms with Gasteiger partial charge in [-0.15, -0.1) is 0 Å². The predicted molar refractivity (Wildman–Crippen MR) is 103 cm³/mol. The molecule has 25 heavy (non-hydrogen) atoms. The lowest BCUT2D eigenvalue weighted by Crippen LogP contribution is -2.02. The van der Waals surface area contributed by atoms with Crippen LogP contribution in [0.25, 0.3) is 10.9 Å². The third-order valence-electron chi connectivity index (χ3n) is 3.79. The molecule has 4 aromatic rings. The summed E-state index contributed by atoms with van der Waals surface area (Å²) in [5, 5.41) is 7.47. The summed E-state index contributed by atoms with van der Waals surface area (Å²) in [6.07, 6.45) is 0. The SMILES string of the molecule is Nc1ccc2nc(Nc3ccccc3)nc(Nc3ccccc3)c2c1. The average molecular weight is 327 g/mol. The number of hydrogen-bond donors (Lipinski definition) is 3. The van der Waals surface area contributed by atoms with Crippen LogP contribution in [0.4, 0.5) is 28.8 Å². The molecule has 0 fully saturated rings. The van der Waals surface area contributed by atoms with E-state index in [-0.39, 0.29) is 0 Å². The van der Waals surface area contributed by atoms with E-state index in [1.54, 1.807) is 0 Å². The molecule has 4 N–H and O–H groups in total. The van der Waals surface area contributed by atoms with E-state index in [2.05, 4.69) is 20.6 Å². The molecule has 1 heterocycles. The second-order valence-electron chi connectivity index (χ2n) is 5.65. The smallest absolute Gasteiger partial charge is 0.229 e. The first-order valence-corrected chi connectivity index (χ1v) is 7.99. The minimum atomic E-state index is 0.530. The van der Waals surface area contributed by atoms with E-state index in [1.807, 2.05) is 78.9 Å². The number of nitrogens with one attached hydrogen (secondary N) is 2.